The molecule has 142 valence electrons. The van der Waals surface area contributed by atoms with E-state index in [4.69, 9.17) is 5.73 Å². The standard InChI is InChI=1S/C23H18N4O2/c24-11-15-6-8-19(17(10-15)13-28)21(23(25)29)22-20(16-4-2-1-3-5-16)9-7-18-12-26-14-27(18)22/h1-10,12,14,21,28H,13H2,(H2,25,29). The second kappa shape index (κ2) is 7.58. The van der Waals surface area contributed by atoms with Gasteiger partial charge in [0.2, 0.25) is 5.91 Å². The molecule has 2 aromatic carbocycles. The zero-order valence-electron chi connectivity index (χ0n) is 15.5. The number of hydrogen-bond acceptors (Lipinski definition) is 4. The number of hydrogen-bond donors (Lipinski definition) is 2. The lowest BCUT2D eigenvalue weighted by Gasteiger charge is -2.22. The molecule has 0 spiro atoms. The molecule has 0 radical (unpaired) electrons. The van der Waals surface area contributed by atoms with Gasteiger partial charge in [-0.25, -0.2) is 4.98 Å². The second-order valence-corrected chi connectivity index (χ2v) is 6.71. The van der Waals surface area contributed by atoms with Crippen LogP contribution in [0.3, 0.4) is 0 Å². The van der Waals surface area contributed by atoms with Crippen molar-refractivity contribution in [3.63, 3.8) is 0 Å². The predicted octanol–water partition coefficient (Wildman–Crippen LogP) is 2.98. The van der Waals surface area contributed by atoms with E-state index in [1.54, 1.807) is 30.7 Å². The smallest absolute Gasteiger partial charge is 0.231 e. The topological polar surface area (TPSA) is 104 Å². The van der Waals surface area contributed by atoms with Crippen LogP contribution < -0.4 is 5.73 Å². The predicted molar refractivity (Wildman–Crippen MR) is 109 cm³/mol. The summed E-state index contributed by atoms with van der Waals surface area (Å²) in [4.78, 5) is 16.9. The number of carbonyl (C=O) groups excluding carboxylic acids is 1. The van der Waals surface area contributed by atoms with Crippen molar-refractivity contribution in [2.24, 2.45) is 5.73 Å². The number of amides is 1. The van der Waals surface area contributed by atoms with Gasteiger partial charge < -0.3 is 15.2 Å². The Balaban J connectivity index is 2.04. The number of benzene rings is 2. The highest BCUT2D eigenvalue weighted by molar-refractivity contribution is 5.89. The third-order valence-electron chi connectivity index (χ3n) is 5.02. The van der Waals surface area contributed by atoms with Gasteiger partial charge in [0.05, 0.1) is 36.3 Å². The minimum atomic E-state index is -0.835. The van der Waals surface area contributed by atoms with Gasteiger partial charge in [0.15, 0.2) is 0 Å². The summed E-state index contributed by atoms with van der Waals surface area (Å²) in [7, 11) is 0. The number of carbonyl (C=O) groups is 1. The Morgan fingerprint density at radius 2 is 1.97 bits per heavy atom. The first-order chi connectivity index (χ1) is 14.1. The Hall–Kier alpha value is -3.95. The highest BCUT2D eigenvalue weighted by atomic mass is 16.3. The molecule has 6 heteroatoms. The quantitative estimate of drug-likeness (QED) is 0.554. The van der Waals surface area contributed by atoms with Crippen molar-refractivity contribution in [3.05, 3.63) is 95.6 Å². The van der Waals surface area contributed by atoms with Gasteiger partial charge in [-0.05, 0) is 34.9 Å². The molecule has 6 nitrogen and oxygen atoms in total. The first-order valence-corrected chi connectivity index (χ1v) is 9.07. The molecule has 1 atom stereocenters. The normalized spacial score (nSPS) is 11.9. The molecule has 4 aromatic rings. The van der Waals surface area contributed by atoms with Gasteiger partial charge in [-0.15, -0.1) is 0 Å². The maximum Gasteiger partial charge on any atom is 0.231 e. The summed E-state index contributed by atoms with van der Waals surface area (Å²) in [6, 6.07) is 20.5. The van der Waals surface area contributed by atoms with E-state index in [2.05, 4.69) is 11.1 Å². The molecule has 2 aromatic heterocycles. The minimum absolute atomic E-state index is 0.310. The van der Waals surface area contributed by atoms with Gasteiger partial charge in [-0.3, -0.25) is 4.79 Å². The average molecular weight is 382 g/mol. The third-order valence-corrected chi connectivity index (χ3v) is 5.02. The van der Waals surface area contributed by atoms with E-state index >= 15 is 0 Å². The Morgan fingerprint density at radius 1 is 1.17 bits per heavy atom. The largest absolute Gasteiger partial charge is 0.392 e. The first-order valence-electron chi connectivity index (χ1n) is 9.07. The summed E-state index contributed by atoms with van der Waals surface area (Å²) in [6.45, 7) is -0.310. The van der Waals surface area contributed by atoms with Crippen LogP contribution >= 0.6 is 0 Å². The monoisotopic (exact) mass is 382 g/mol. The zero-order valence-corrected chi connectivity index (χ0v) is 15.5. The molecular formula is C23H18N4O2. The van der Waals surface area contributed by atoms with Gasteiger partial charge in [-0.2, -0.15) is 5.26 Å². The molecule has 0 saturated carbocycles. The maximum atomic E-state index is 12.7. The van der Waals surface area contributed by atoms with E-state index in [-0.39, 0.29) is 6.61 Å². The molecule has 1 amide bonds. The molecule has 0 aliphatic rings. The van der Waals surface area contributed by atoms with E-state index in [1.165, 1.54) is 0 Å². The number of primary amides is 1. The zero-order chi connectivity index (χ0) is 20.4. The third kappa shape index (κ3) is 3.24. The second-order valence-electron chi connectivity index (χ2n) is 6.71. The summed E-state index contributed by atoms with van der Waals surface area (Å²) in [5, 5.41) is 19.1. The molecule has 1 unspecified atom stereocenters. The lowest BCUT2D eigenvalue weighted by atomic mass is 9.86. The maximum absolute atomic E-state index is 12.7. The molecule has 29 heavy (non-hydrogen) atoms. The molecular weight excluding hydrogens is 364 g/mol. The van der Waals surface area contributed by atoms with Gasteiger partial charge in [0.1, 0.15) is 5.92 Å². The van der Waals surface area contributed by atoms with E-state index < -0.39 is 11.8 Å². The van der Waals surface area contributed by atoms with Crippen LogP contribution in [0.25, 0.3) is 16.6 Å². The fourth-order valence-electron chi connectivity index (χ4n) is 3.70. The molecule has 0 saturated heterocycles. The molecule has 0 aliphatic carbocycles. The van der Waals surface area contributed by atoms with Crippen LogP contribution in [0.5, 0.6) is 0 Å². The van der Waals surface area contributed by atoms with Crippen LogP contribution in [0.4, 0.5) is 0 Å². The molecule has 0 aliphatic heterocycles. The number of fused-ring (bicyclic) bond motifs is 1. The molecule has 0 fully saturated rings. The van der Waals surface area contributed by atoms with Crippen molar-refractivity contribution in [1.82, 2.24) is 9.38 Å². The highest BCUT2D eigenvalue weighted by Gasteiger charge is 2.28. The van der Waals surface area contributed by atoms with Crippen LogP contribution in [0, 0.1) is 11.3 Å². The summed E-state index contributed by atoms with van der Waals surface area (Å²) in [5.41, 5.74) is 10.6. The van der Waals surface area contributed by atoms with Crippen molar-refractivity contribution < 1.29 is 9.90 Å². The number of imidazole rings is 1. The average Bonchev–Trinajstić information content (AvgIpc) is 3.23. The number of nitrogens with zero attached hydrogens (tertiary/aromatic N) is 3. The van der Waals surface area contributed by atoms with Crippen molar-refractivity contribution in [3.8, 4) is 17.2 Å². The summed E-state index contributed by atoms with van der Waals surface area (Å²) in [5.74, 6) is -1.39. The lowest BCUT2D eigenvalue weighted by Crippen LogP contribution is -2.26. The Morgan fingerprint density at radius 3 is 2.66 bits per heavy atom. The summed E-state index contributed by atoms with van der Waals surface area (Å²) < 4.78 is 1.84. The van der Waals surface area contributed by atoms with E-state index in [1.807, 2.05) is 46.9 Å². The molecule has 3 N–H and O–H groups in total. The molecule has 0 bridgehead atoms. The van der Waals surface area contributed by atoms with Crippen LogP contribution in [0.1, 0.15) is 28.3 Å². The molecule has 2 heterocycles. The number of aliphatic hydroxyl groups excluding tert-OH is 1. The van der Waals surface area contributed by atoms with E-state index in [0.717, 1.165) is 16.6 Å². The number of nitriles is 1. The van der Waals surface area contributed by atoms with Crippen LogP contribution in [0.2, 0.25) is 0 Å². The number of nitrogens with two attached hydrogens (primary N) is 1. The van der Waals surface area contributed by atoms with Crippen molar-refractivity contribution in [1.29, 1.82) is 5.26 Å². The van der Waals surface area contributed by atoms with Crippen LogP contribution in [-0.2, 0) is 11.4 Å². The fraction of sp³-hybridized carbons (Fsp3) is 0.0870. The Bertz CT molecular complexity index is 1240. The Kier molecular flexibility index (Phi) is 4.82. The van der Waals surface area contributed by atoms with Gasteiger partial charge in [0.25, 0.3) is 0 Å². The number of aliphatic hydroxyl groups is 1. The lowest BCUT2D eigenvalue weighted by molar-refractivity contribution is -0.118. The van der Waals surface area contributed by atoms with Gasteiger partial charge in [0, 0.05) is 11.3 Å². The van der Waals surface area contributed by atoms with Crippen LogP contribution in [0.15, 0.2) is 73.2 Å². The fourth-order valence-corrected chi connectivity index (χ4v) is 3.70. The van der Waals surface area contributed by atoms with E-state index in [0.29, 0.717) is 22.4 Å². The highest BCUT2D eigenvalue weighted by Crippen LogP contribution is 2.36. The van der Waals surface area contributed by atoms with Crippen LogP contribution in [-0.4, -0.2) is 20.4 Å². The van der Waals surface area contributed by atoms with Gasteiger partial charge in [-0.1, -0.05) is 42.5 Å². The summed E-state index contributed by atoms with van der Waals surface area (Å²) in [6.07, 6.45) is 3.36. The van der Waals surface area contributed by atoms with Crippen molar-refractivity contribution in [2.75, 3.05) is 0 Å². The van der Waals surface area contributed by atoms with Crippen molar-refractivity contribution >= 4 is 11.4 Å². The number of aromatic nitrogens is 2. The minimum Gasteiger partial charge on any atom is -0.392 e. The number of rotatable bonds is 5. The van der Waals surface area contributed by atoms with Crippen molar-refractivity contribution in [2.45, 2.75) is 12.5 Å². The summed E-state index contributed by atoms with van der Waals surface area (Å²) >= 11 is 0. The molecule has 4 rings (SSSR count). The first kappa shape index (κ1) is 18.4. The van der Waals surface area contributed by atoms with Gasteiger partial charge >= 0.3 is 0 Å². The number of pyridine rings is 1. The Labute approximate surface area is 167 Å². The SMILES string of the molecule is N#Cc1ccc(C(C(N)=O)c2c(-c3ccccc3)ccc3cncn23)c(CO)c1. The van der Waals surface area contributed by atoms with E-state index in [9.17, 15) is 15.2 Å².